The van der Waals surface area contributed by atoms with Gasteiger partial charge in [0.2, 0.25) is 0 Å². The third-order valence-corrected chi connectivity index (χ3v) is 3.05. The molecule has 104 valence electrons. The van der Waals surface area contributed by atoms with Crippen molar-refractivity contribution in [2.24, 2.45) is 0 Å². The lowest BCUT2D eigenvalue weighted by molar-refractivity contribution is -0.154. The molecule has 0 N–H and O–H groups in total. The van der Waals surface area contributed by atoms with Gasteiger partial charge in [-0.3, -0.25) is 9.59 Å². The van der Waals surface area contributed by atoms with E-state index in [1.165, 1.54) is 12.1 Å². The van der Waals surface area contributed by atoms with Gasteiger partial charge in [0.1, 0.15) is 0 Å². The summed E-state index contributed by atoms with van der Waals surface area (Å²) >= 11 is 26.7. The zero-order valence-corrected chi connectivity index (χ0v) is 12.7. The SMILES string of the molecule is O=C(N(Cl)Cl)C(OCl)(C(=O)N(Cl)Cl)c1ccccc1. The fourth-order valence-electron chi connectivity index (χ4n) is 1.36. The van der Waals surface area contributed by atoms with Crippen LogP contribution in [0.25, 0.3) is 0 Å². The van der Waals surface area contributed by atoms with E-state index in [4.69, 9.17) is 59.0 Å². The van der Waals surface area contributed by atoms with Gasteiger partial charge in [0.05, 0.1) is 11.9 Å². The van der Waals surface area contributed by atoms with Gasteiger partial charge in [0, 0.05) is 52.7 Å². The molecule has 2 amide bonds. The maximum absolute atomic E-state index is 12.0. The van der Waals surface area contributed by atoms with Crippen LogP contribution in [-0.2, 0) is 19.5 Å². The van der Waals surface area contributed by atoms with Crippen molar-refractivity contribution in [2.45, 2.75) is 5.60 Å². The quantitative estimate of drug-likeness (QED) is 0.607. The van der Waals surface area contributed by atoms with E-state index >= 15 is 0 Å². The van der Waals surface area contributed by atoms with Crippen LogP contribution >= 0.6 is 59.0 Å². The number of hydrogen-bond acceptors (Lipinski definition) is 3. The van der Waals surface area contributed by atoms with E-state index in [9.17, 15) is 9.59 Å². The van der Waals surface area contributed by atoms with E-state index in [1.54, 1.807) is 18.2 Å². The van der Waals surface area contributed by atoms with Crippen LogP contribution in [0, 0.1) is 0 Å². The second-order valence-electron chi connectivity index (χ2n) is 3.20. The molecule has 0 saturated heterocycles. The number of amides is 2. The fraction of sp³-hybridized carbons (Fsp3) is 0.111. The summed E-state index contributed by atoms with van der Waals surface area (Å²) in [6.45, 7) is 0. The molecule has 0 spiro atoms. The summed E-state index contributed by atoms with van der Waals surface area (Å²) in [5.41, 5.74) is -2.34. The van der Waals surface area contributed by atoms with E-state index in [0.29, 0.717) is 0 Å². The Morgan fingerprint density at radius 2 is 1.37 bits per heavy atom. The van der Waals surface area contributed by atoms with Crippen molar-refractivity contribution in [3.63, 3.8) is 0 Å². The van der Waals surface area contributed by atoms with Crippen LogP contribution in [0.4, 0.5) is 0 Å². The van der Waals surface area contributed by atoms with Crippen LogP contribution in [0.15, 0.2) is 30.3 Å². The molecule has 0 bridgehead atoms. The lowest BCUT2D eigenvalue weighted by Crippen LogP contribution is -2.50. The second-order valence-corrected chi connectivity index (χ2v) is 5.05. The number of carbonyl (C=O) groups excluding carboxylic acids is 2. The molecular weight excluding hydrogens is 361 g/mol. The summed E-state index contributed by atoms with van der Waals surface area (Å²) in [5.74, 6) is -2.35. The second kappa shape index (κ2) is 6.83. The summed E-state index contributed by atoms with van der Waals surface area (Å²) in [6.07, 6.45) is 0. The predicted molar refractivity (Wildman–Crippen MR) is 72.2 cm³/mol. The first-order valence-corrected chi connectivity index (χ1v) is 6.21. The molecule has 0 atom stereocenters. The summed E-state index contributed by atoms with van der Waals surface area (Å²) < 4.78 is 4.73. The van der Waals surface area contributed by atoms with E-state index in [0.717, 1.165) is 0 Å². The Bertz CT molecular complexity index is 448. The predicted octanol–water partition coefficient (Wildman–Crippen LogP) is 3.32. The van der Waals surface area contributed by atoms with E-state index in [2.05, 4.69) is 4.29 Å². The van der Waals surface area contributed by atoms with Gasteiger partial charge in [-0.15, -0.1) is 0 Å². The van der Waals surface area contributed by atoms with E-state index in [-0.39, 0.29) is 13.4 Å². The third-order valence-electron chi connectivity index (χ3n) is 2.21. The highest BCUT2D eigenvalue weighted by molar-refractivity contribution is 6.47. The Hall–Kier alpha value is -0.430. The normalized spacial score (nSPS) is 11.0. The lowest BCUT2D eigenvalue weighted by Gasteiger charge is -2.28. The Kier molecular flexibility index (Phi) is 5.98. The van der Waals surface area contributed by atoms with Gasteiger partial charge in [-0.25, -0.2) is 4.29 Å². The van der Waals surface area contributed by atoms with Gasteiger partial charge in [0.25, 0.3) is 5.60 Å². The molecule has 0 aliphatic heterocycles. The van der Waals surface area contributed by atoms with Crippen LogP contribution in [0.5, 0.6) is 0 Å². The zero-order chi connectivity index (χ0) is 14.6. The number of nitrogens with zero attached hydrogens (tertiary/aromatic N) is 2. The van der Waals surface area contributed by atoms with Crippen molar-refractivity contribution < 1.29 is 13.9 Å². The van der Waals surface area contributed by atoms with Gasteiger partial charge < -0.3 is 0 Å². The largest absolute Gasteiger partial charge is 0.300 e. The van der Waals surface area contributed by atoms with Crippen molar-refractivity contribution in [2.75, 3.05) is 0 Å². The number of benzene rings is 1. The highest BCUT2D eigenvalue weighted by Gasteiger charge is 2.54. The molecule has 0 radical (unpaired) electrons. The smallest absolute Gasteiger partial charge is 0.268 e. The first-order chi connectivity index (χ1) is 8.87. The van der Waals surface area contributed by atoms with Gasteiger partial charge in [-0.1, -0.05) is 30.3 Å². The summed E-state index contributed by atoms with van der Waals surface area (Å²) in [4.78, 5) is 24.1. The van der Waals surface area contributed by atoms with E-state index < -0.39 is 17.4 Å². The van der Waals surface area contributed by atoms with Crippen molar-refractivity contribution in [3.8, 4) is 0 Å². The Morgan fingerprint density at radius 1 is 0.947 bits per heavy atom. The molecule has 1 aromatic rings. The zero-order valence-electron chi connectivity index (χ0n) is 8.90. The third kappa shape index (κ3) is 3.18. The average Bonchev–Trinajstić information content (AvgIpc) is 2.40. The highest BCUT2D eigenvalue weighted by atomic mass is 35.5. The molecular formula is C9H5Cl5N2O3. The minimum Gasteiger partial charge on any atom is -0.268 e. The fourth-order valence-corrected chi connectivity index (χ4v) is 2.06. The monoisotopic (exact) mass is 364 g/mol. The maximum atomic E-state index is 12.0. The van der Waals surface area contributed by atoms with E-state index in [1.807, 2.05) is 0 Å². The molecule has 19 heavy (non-hydrogen) atoms. The summed E-state index contributed by atoms with van der Waals surface area (Å²) in [6, 6.07) is 7.52. The molecule has 0 heterocycles. The van der Waals surface area contributed by atoms with Crippen molar-refractivity contribution in [1.82, 2.24) is 7.88 Å². The lowest BCUT2D eigenvalue weighted by atomic mass is 9.92. The molecule has 1 rings (SSSR count). The van der Waals surface area contributed by atoms with Gasteiger partial charge in [0.15, 0.2) is 0 Å². The van der Waals surface area contributed by atoms with Crippen LogP contribution in [0.1, 0.15) is 5.56 Å². The first kappa shape index (κ1) is 16.6. The highest BCUT2D eigenvalue weighted by Crippen LogP contribution is 2.34. The molecule has 0 aliphatic carbocycles. The average molecular weight is 366 g/mol. The molecule has 1 aromatic carbocycles. The van der Waals surface area contributed by atoms with Gasteiger partial charge in [-0.05, 0) is 0 Å². The van der Waals surface area contributed by atoms with Crippen LogP contribution in [0.2, 0.25) is 0 Å². The van der Waals surface area contributed by atoms with Crippen LogP contribution in [-0.4, -0.2) is 19.7 Å². The molecule has 0 saturated carbocycles. The minimum atomic E-state index is -2.39. The summed E-state index contributed by atoms with van der Waals surface area (Å²) in [7, 11) is 0. The number of carbonyl (C=O) groups is 2. The number of rotatable bonds is 4. The first-order valence-electron chi connectivity index (χ1n) is 4.55. The Balaban J connectivity index is 3.47. The van der Waals surface area contributed by atoms with Crippen molar-refractivity contribution in [3.05, 3.63) is 35.9 Å². The van der Waals surface area contributed by atoms with Gasteiger partial charge >= 0.3 is 11.8 Å². The Morgan fingerprint density at radius 3 is 1.68 bits per heavy atom. The topological polar surface area (TPSA) is 49.9 Å². The molecule has 10 heteroatoms. The van der Waals surface area contributed by atoms with Crippen LogP contribution < -0.4 is 0 Å². The van der Waals surface area contributed by atoms with Crippen molar-refractivity contribution >= 4 is 70.8 Å². The standard InChI is InChI=1S/C9H5Cl5N2O3/c10-15(11)7(17)9(19-14,8(18)16(12)13)6-4-2-1-3-5-6/h1-5H. The maximum Gasteiger partial charge on any atom is 0.300 e. The number of halogens is 5. The minimum absolute atomic E-state index is 0.0533. The number of hydrogen-bond donors (Lipinski definition) is 0. The van der Waals surface area contributed by atoms with Gasteiger partial charge in [-0.2, -0.15) is 7.88 Å². The Labute approximate surface area is 134 Å². The molecule has 0 unspecified atom stereocenters. The summed E-state index contributed by atoms with van der Waals surface area (Å²) in [5, 5.41) is 0. The van der Waals surface area contributed by atoms with Crippen LogP contribution in [0.3, 0.4) is 0 Å². The molecule has 0 aromatic heterocycles. The molecule has 5 nitrogen and oxygen atoms in total. The van der Waals surface area contributed by atoms with Crippen molar-refractivity contribution in [1.29, 1.82) is 0 Å². The molecule has 0 fully saturated rings. The molecule has 0 aliphatic rings.